The second-order valence-corrected chi connectivity index (χ2v) is 5.80. The third-order valence-corrected chi connectivity index (χ3v) is 4.10. The first-order chi connectivity index (χ1) is 8.67. The molecule has 1 N–H and O–H groups in total. The molecule has 7 heteroatoms. The van der Waals surface area contributed by atoms with Crippen LogP contribution >= 0.6 is 39.7 Å². The molecule has 0 fully saturated rings. The normalized spacial score (nSPS) is 12.6. The summed E-state index contributed by atoms with van der Waals surface area (Å²) in [6.45, 7) is 2.08. The molecular formula is C12H15BrClN3OS. The van der Waals surface area contributed by atoms with E-state index in [2.05, 4.69) is 38.3 Å². The van der Waals surface area contributed by atoms with Crippen molar-refractivity contribution >= 4 is 51.8 Å². The van der Waals surface area contributed by atoms with Crippen LogP contribution in [0.2, 0.25) is 0 Å². The van der Waals surface area contributed by atoms with Crippen molar-refractivity contribution in [2.24, 2.45) is 0 Å². The monoisotopic (exact) mass is 363 g/mol. The predicted octanol–water partition coefficient (Wildman–Crippen LogP) is 3.64. The second kappa shape index (κ2) is 7.79. The first kappa shape index (κ1) is 16.4. The van der Waals surface area contributed by atoms with Crippen LogP contribution in [0.5, 0.6) is 0 Å². The molecule has 1 unspecified atom stereocenters. The molecule has 19 heavy (non-hydrogen) atoms. The summed E-state index contributed by atoms with van der Waals surface area (Å²) in [6.07, 6.45) is 4.56. The van der Waals surface area contributed by atoms with Gasteiger partial charge in [0.25, 0.3) is 5.89 Å². The Morgan fingerprint density at radius 3 is 2.95 bits per heavy atom. The maximum atomic E-state index is 5.16. The van der Waals surface area contributed by atoms with Crippen molar-refractivity contribution in [1.29, 1.82) is 0 Å². The first-order valence-corrected chi connectivity index (χ1v) is 7.26. The number of aromatic nitrogens is 2. The molecule has 2 heterocycles. The molecular weight excluding hydrogens is 350 g/mol. The van der Waals surface area contributed by atoms with Crippen LogP contribution in [0.25, 0.3) is 12.2 Å². The summed E-state index contributed by atoms with van der Waals surface area (Å²) < 4.78 is 6.24. The molecule has 0 amide bonds. The largest absolute Gasteiger partial charge is 0.335 e. The van der Waals surface area contributed by atoms with Crippen molar-refractivity contribution in [3.05, 3.63) is 32.5 Å². The summed E-state index contributed by atoms with van der Waals surface area (Å²) in [5.41, 5.74) is 0. The smallest absolute Gasteiger partial charge is 0.250 e. The van der Waals surface area contributed by atoms with E-state index < -0.39 is 0 Å². The summed E-state index contributed by atoms with van der Waals surface area (Å²) >= 11 is 5.07. The highest BCUT2D eigenvalue weighted by atomic mass is 79.9. The molecule has 0 aliphatic heterocycles. The first-order valence-electron chi connectivity index (χ1n) is 5.59. The summed E-state index contributed by atoms with van der Waals surface area (Å²) in [5.74, 6) is 1.27. The molecule has 0 saturated heterocycles. The minimum Gasteiger partial charge on any atom is -0.335 e. The lowest BCUT2D eigenvalue weighted by atomic mass is 10.2. The number of thiophene rings is 1. The molecule has 0 aromatic carbocycles. The number of nitrogens with one attached hydrogen (secondary N) is 1. The van der Waals surface area contributed by atoms with Gasteiger partial charge in [0.05, 0.1) is 0 Å². The van der Waals surface area contributed by atoms with Crippen LogP contribution in [0.1, 0.15) is 23.5 Å². The number of hydrogen-bond acceptors (Lipinski definition) is 5. The zero-order valence-electron chi connectivity index (χ0n) is 10.6. The van der Waals surface area contributed by atoms with Gasteiger partial charge in [-0.05, 0) is 42.0 Å². The van der Waals surface area contributed by atoms with Crippen molar-refractivity contribution in [3.8, 4) is 0 Å². The van der Waals surface area contributed by atoms with Crippen LogP contribution in [-0.2, 0) is 6.42 Å². The third kappa shape index (κ3) is 5.06. The van der Waals surface area contributed by atoms with E-state index in [4.69, 9.17) is 4.52 Å². The quantitative estimate of drug-likeness (QED) is 0.880. The topological polar surface area (TPSA) is 51.0 Å². The molecule has 0 bridgehead atoms. The van der Waals surface area contributed by atoms with Gasteiger partial charge in [0.15, 0.2) is 5.82 Å². The summed E-state index contributed by atoms with van der Waals surface area (Å²) in [6, 6.07) is 2.38. The van der Waals surface area contributed by atoms with Gasteiger partial charge in [0.1, 0.15) is 0 Å². The second-order valence-electron chi connectivity index (χ2n) is 3.94. The third-order valence-electron chi connectivity index (χ3n) is 2.44. The van der Waals surface area contributed by atoms with Crippen LogP contribution < -0.4 is 5.32 Å². The number of likely N-dealkylation sites (N-methyl/N-ethyl adjacent to an activating group) is 1. The average Bonchev–Trinajstić information content (AvgIpc) is 2.96. The fraction of sp³-hybridized carbons (Fsp3) is 0.333. The van der Waals surface area contributed by atoms with Gasteiger partial charge in [-0.25, -0.2) is 0 Å². The van der Waals surface area contributed by atoms with Crippen LogP contribution in [0, 0.1) is 0 Å². The highest BCUT2D eigenvalue weighted by molar-refractivity contribution is 9.10. The van der Waals surface area contributed by atoms with Gasteiger partial charge in [-0.1, -0.05) is 5.16 Å². The maximum absolute atomic E-state index is 5.16. The Kier molecular flexibility index (Phi) is 6.71. The highest BCUT2D eigenvalue weighted by Crippen LogP contribution is 2.21. The van der Waals surface area contributed by atoms with Crippen molar-refractivity contribution in [3.63, 3.8) is 0 Å². The van der Waals surface area contributed by atoms with Gasteiger partial charge in [-0.3, -0.25) is 0 Å². The number of nitrogens with zero attached hydrogens (tertiary/aromatic N) is 2. The van der Waals surface area contributed by atoms with E-state index in [0.717, 1.165) is 21.6 Å². The fourth-order valence-electron chi connectivity index (χ4n) is 1.36. The van der Waals surface area contributed by atoms with E-state index in [0.29, 0.717) is 11.9 Å². The van der Waals surface area contributed by atoms with Crippen molar-refractivity contribution in [2.45, 2.75) is 19.4 Å². The zero-order valence-corrected chi connectivity index (χ0v) is 13.8. The van der Waals surface area contributed by atoms with Gasteiger partial charge in [-0.15, -0.1) is 23.7 Å². The predicted molar refractivity (Wildman–Crippen MR) is 84.7 cm³/mol. The van der Waals surface area contributed by atoms with Crippen LogP contribution in [0.15, 0.2) is 20.4 Å². The van der Waals surface area contributed by atoms with Gasteiger partial charge >= 0.3 is 0 Å². The average molecular weight is 365 g/mol. The molecule has 0 aliphatic carbocycles. The van der Waals surface area contributed by atoms with E-state index in [1.165, 1.54) is 0 Å². The molecule has 0 radical (unpaired) electrons. The highest BCUT2D eigenvalue weighted by Gasteiger charge is 2.07. The van der Waals surface area contributed by atoms with Crippen LogP contribution in [-0.4, -0.2) is 23.2 Å². The summed E-state index contributed by atoms with van der Waals surface area (Å²) in [5, 5.41) is 9.11. The minimum absolute atomic E-state index is 0. The standard InChI is InChI=1S/C12H14BrN3OS.ClH/c1-8(14-2)5-11-15-12(17-16-11)4-3-10-6-9(13)7-18-10;/h3-4,6-8,14H,5H2,1-2H3;1H/b4-3+;. The Balaban J connectivity index is 0.00000180. The Morgan fingerprint density at radius 2 is 2.32 bits per heavy atom. The van der Waals surface area contributed by atoms with Crippen molar-refractivity contribution in [2.75, 3.05) is 7.05 Å². The van der Waals surface area contributed by atoms with Gasteiger partial charge in [-0.2, -0.15) is 4.98 Å². The molecule has 104 valence electrons. The number of rotatable bonds is 5. The molecule has 0 spiro atoms. The Morgan fingerprint density at radius 1 is 1.53 bits per heavy atom. The van der Waals surface area contributed by atoms with E-state index in [9.17, 15) is 0 Å². The van der Waals surface area contributed by atoms with E-state index in [1.807, 2.05) is 30.6 Å². The Bertz CT molecular complexity index is 541. The Hall–Kier alpha value is -0.690. The van der Waals surface area contributed by atoms with Crippen LogP contribution in [0.4, 0.5) is 0 Å². The molecule has 2 aromatic rings. The molecule has 0 saturated carbocycles. The Labute approximate surface area is 130 Å². The molecule has 1 atom stereocenters. The van der Waals surface area contributed by atoms with Crippen molar-refractivity contribution < 1.29 is 4.52 Å². The fourth-order valence-corrected chi connectivity index (χ4v) is 2.70. The lowest BCUT2D eigenvalue weighted by Gasteiger charge is -2.04. The van der Waals surface area contributed by atoms with E-state index in [1.54, 1.807) is 11.3 Å². The molecule has 2 aromatic heterocycles. The van der Waals surface area contributed by atoms with Gasteiger partial charge in [0, 0.05) is 33.3 Å². The molecule has 2 rings (SSSR count). The molecule has 4 nitrogen and oxygen atoms in total. The SMILES string of the molecule is CNC(C)Cc1noc(/C=C/c2cc(Br)cs2)n1.Cl. The maximum Gasteiger partial charge on any atom is 0.250 e. The van der Waals surface area contributed by atoms with E-state index in [-0.39, 0.29) is 12.4 Å². The summed E-state index contributed by atoms with van der Waals surface area (Å²) in [7, 11) is 1.92. The van der Waals surface area contributed by atoms with Crippen LogP contribution in [0.3, 0.4) is 0 Å². The minimum atomic E-state index is 0. The van der Waals surface area contributed by atoms with Gasteiger partial charge in [0.2, 0.25) is 0 Å². The van der Waals surface area contributed by atoms with E-state index >= 15 is 0 Å². The summed E-state index contributed by atoms with van der Waals surface area (Å²) in [4.78, 5) is 5.45. The number of halogens is 2. The van der Waals surface area contributed by atoms with Gasteiger partial charge < -0.3 is 9.84 Å². The lowest BCUT2D eigenvalue weighted by molar-refractivity contribution is 0.400. The van der Waals surface area contributed by atoms with Crippen molar-refractivity contribution in [1.82, 2.24) is 15.5 Å². The number of hydrogen-bond donors (Lipinski definition) is 1. The lowest BCUT2D eigenvalue weighted by Crippen LogP contribution is -2.24. The molecule has 0 aliphatic rings. The zero-order chi connectivity index (χ0) is 13.0.